The van der Waals surface area contributed by atoms with Gasteiger partial charge in [-0.1, -0.05) is 0 Å². The van der Waals surface area contributed by atoms with Crippen LogP contribution in [0, 0.1) is 11.3 Å². The number of aliphatic hydroxyl groups excluding tert-OH is 2. The van der Waals surface area contributed by atoms with Crippen LogP contribution in [0.5, 0.6) is 5.75 Å². The molecule has 0 saturated heterocycles. The lowest BCUT2D eigenvalue weighted by Gasteiger charge is -2.35. The molecule has 1 rings (SSSR count). The zero-order valence-corrected chi connectivity index (χ0v) is 12.2. The van der Waals surface area contributed by atoms with Crippen LogP contribution in [0.1, 0.15) is 19.4 Å². The van der Waals surface area contributed by atoms with E-state index in [0.29, 0.717) is 17.9 Å². The topological polar surface area (TPSA) is 76.7 Å². The summed E-state index contributed by atoms with van der Waals surface area (Å²) in [6.45, 7) is 4.40. The third kappa shape index (κ3) is 4.82. The molecular formula is C15H22N2O3. The molecule has 0 radical (unpaired) electrons. The summed E-state index contributed by atoms with van der Waals surface area (Å²) in [5.74, 6) is 0.618. The number of benzene rings is 1. The van der Waals surface area contributed by atoms with Crippen molar-refractivity contribution in [3.63, 3.8) is 0 Å². The number of nitrogens with zero attached hydrogens (tertiary/aromatic N) is 2. The average Bonchev–Trinajstić information content (AvgIpc) is 2.45. The van der Waals surface area contributed by atoms with E-state index < -0.39 is 6.10 Å². The molecule has 5 heteroatoms. The third-order valence-electron chi connectivity index (χ3n) is 3.33. The fourth-order valence-electron chi connectivity index (χ4n) is 1.55. The van der Waals surface area contributed by atoms with Crippen LogP contribution in [-0.2, 0) is 0 Å². The summed E-state index contributed by atoms with van der Waals surface area (Å²) in [4.78, 5) is 1.89. The number of ether oxygens (including phenoxy) is 1. The van der Waals surface area contributed by atoms with Crippen molar-refractivity contribution in [1.82, 2.24) is 4.90 Å². The van der Waals surface area contributed by atoms with E-state index >= 15 is 0 Å². The van der Waals surface area contributed by atoms with Crippen molar-refractivity contribution >= 4 is 0 Å². The lowest BCUT2D eigenvalue weighted by atomic mass is 10.0. The monoisotopic (exact) mass is 278 g/mol. The fraction of sp³-hybridized carbons (Fsp3) is 0.533. The van der Waals surface area contributed by atoms with Crippen LogP contribution >= 0.6 is 0 Å². The molecule has 0 heterocycles. The maximum atomic E-state index is 9.94. The number of β-amino-alcohol motifs (C(OH)–C–C–N with tert-alkyl or cyclic N) is 1. The van der Waals surface area contributed by atoms with Gasteiger partial charge in [0.2, 0.25) is 0 Å². The first kappa shape index (κ1) is 16.4. The lowest BCUT2D eigenvalue weighted by Crippen LogP contribution is -2.48. The van der Waals surface area contributed by atoms with Gasteiger partial charge in [0.15, 0.2) is 0 Å². The van der Waals surface area contributed by atoms with Crippen LogP contribution in [0.25, 0.3) is 0 Å². The van der Waals surface area contributed by atoms with E-state index in [0.717, 1.165) is 0 Å². The van der Waals surface area contributed by atoms with Crippen LogP contribution in [0.2, 0.25) is 0 Å². The molecule has 0 bridgehead atoms. The van der Waals surface area contributed by atoms with Gasteiger partial charge in [0.1, 0.15) is 18.5 Å². The van der Waals surface area contributed by atoms with Crippen molar-refractivity contribution in [3.05, 3.63) is 29.8 Å². The number of rotatable bonds is 7. The van der Waals surface area contributed by atoms with Crippen molar-refractivity contribution in [1.29, 1.82) is 5.26 Å². The fourth-order valence-corrected chi connectivity index (χ4v) is 1.55. The molecule has 0 aliphatic rings. The van der Waals surface area contributed by atoms with Crippen LogP contribution in [0.15, 0.2) is 24.3 Å². The van der Waals surface area contributed by atoms with E-state index in [2.05, 4.69) is 0 Å². The summed E-state index contributed by atoms with van der Waals surface area (Å²) >= 11 is 0. The molecule has 110 valence electrons. The Balaban J connectivity index is 2.43. The van der Waals surface area contributed by atoms with Gasteiger partial charge in [0, 0.05) is 12.1 Å². The summed E-state index contributed by atoms with van der Waals surface area (Å²) in [7, 11) is 1.85. The second kappa shape index (κ2) is 7.25. The highest BCUT2D eigenvalue weighted by atomic mass is 16.5. The van der Waals surface area contributed by atoms with Crippen molar-refractivity contribution < 1.29 is 14.9 Å². The molecule has 1 atom stereocenters. The predicted molar refractivity (Wildman–Crippen MR) is 76.5 cm³/mol. The molecule has 0 amide bonds. The summed E-state index contributed by atoms with van der Waals surface area (Å²) in [5.41, 5.74) is 0.192. The highest BCUT2D eigenvalue weighted by molar-refractivity contribution is 5.34. The Hall–Kier alpha value is -1.61. The van der Waals surface area contributed by atoms with Gasteiger partial charge in [-0.15, -0.1) is 0 Å². The summed E-state index contributed by atoms with van der Waals surface area (Å²) in [6, 6.07) is 8.77. The molecule has 1 unspecified atom stereocenters. The number of aliphatic hydroxyl groups is 2. The second-order valence-corrected chi connectivity index (χ2v) is 5.45. The first-order valence-electron chi connectivity index (χ1n) is 6.52. The van der Waals surface area contributed by atoms with Gasteiger partial charge in [0.05, 0.1) is 18.2 Å². The molecule has 0 saturated carbocycles. The molecule has 1 aromatic rings. The number of likely N-dealkylation sites (N-methyl/N-ethyl adjacent to an activating group) is 1. The predicted octanol–water partition coefficient (Wildman–Crippen LogP) is 1.00. The number of nitriles is 1. The first-order valence-corrected chi connectivity index (χ1v) is 6.52. The molecule has 1 aromatic carbocycles. The first-order chi connectivity index (χ1) is 9.39. The number of hydrogen-bond donors (Lipinski definition) is 2. The lowest BCUT2D eigenvalue weighted by molar-refractivity contribution is 0.0193. The van der Waals surface area contributed by atoms with E-state index in [1.165, 1.54) is 0 Å². The Morgan fingerprint density at radius 2 is 1.95 bits per heavy atom. The van der Waals surface area contributed by atoms with Gasteiger partial charge in [-0.05, 0) is 45.2 Å². The zero-order chi connectivity index (χ0) is 15.2. The van der Waals surface area contributed by atoms with Crippen LogP contribution < -0.4 is 4.74 Å². The minimum atomic E-state index is -0.651. The summed E-state index contributed by atoms with van der Waals surface area (Å²) in [6.07, 6.45) is -0.651. The second-order valence-electron chi connectivity index (χ2n) is 5.45. The quantitative estimate of drug-likeness (QED) is 0.778. The van der Waals surface area contributed by atoms with Gasteiger partial charge < -0.3 is 14.9 Å². The Kier molecular flexibility index (Phi) is 5.96. The number of hydrogen-bond acceptors (Lipinski definition) is 5. The van der Waals surface area contributed by atoms with Crippen LogP contribution in [-0.4, -0.2) is 53.6 Å². The molecule has 20 heavy (non-hydrogen) atoms. The Bertz CT molecular complexity index is 451. The minimum absolute atomic E-state index is 0.0205. The average molecular weight is 278 g/mol. The highest BCUT2D eigenvalue weighted by Crippen LogP contribution is 2.14. The Labute approximate surface area is 120 Å². The SMILES string of the molecule is CN(CC(O)COc1ccc(C#N)cc1)C(C)(C)CO. The van der Waals surface area contributed by atoms with E-state index in [-0.39, 0.29) is 18.8 Å². The summed E-state index contributed by atoms with van der Waals surface area (Å²) in [5, 5.41) is 27.9. The van der Waals surface area contributed by atoms with Gasteiger partial charge >= 0.3 is 0 Å². The molecule has 0 aromatic heterocycles. The molecule has 5 nitrogen and oxygen atoms in total. The van der Waals surface area contributed by atoms with Crippen molar-refractivity contribution in [2.75, 3.05) is 26.8 Å². The minimum Gasteiger partial charge on any atom is -0.491 e. The van der Waals surface area contributed by atoms with Crippen LogP contribution in [0.3, 0.4) is 0 Å². The van der Waals surface area contributed by atoms with Crippen LogP contribution in [0.4, 0.5) is 0 Å². The molecule has 0 aliphatic carbocycles. The standard InChI is InChI=1S/C15H22N2O3/c1-15(2,11-18)17(3)9-13(19)10-20-14-6-4-12(8-16)5-7-14/h4-7,13,18-19H,9-11H2,1-3H3. The summed E-state index contributed by atoms with van der Waals surface area (Å²) < 4.78 is 5.47. The smallest absolute Gasteiger partial charge is 0.119 e. The van der Waals surface area contributed by atoms with Crippen molar-refractivity contribution in [3.8, 4) is 11.8 Å². The zero-order valence-electron chi connectivity index (χ0n) is 12.2. The van der Waals surface area contributed by atoms with E-state index in [4.69, 9.17) is 10.00 Å². The van der Waals surface area contributed by atoms with Gasteiger partial charge in [-0.2, -0.15) is 5.26 Å². The van der Waals surface area contributed by atoms with Gasteiger partial charge in [-0.3, -0.25) is 4.90 Å². The molecule has 0 aliphatic heterocycles. The van der Waals surface area contributed by atoms with E-state index in [1.807, 2.05) is 31.9 Å². The van der Waals surface area contributed by atoms with Gasteiger partial charge in [-0.25, -0.2) is 0 Å². The highest BCUT2D eigenvalue weighted by Gasteiger charge is 2.24. The van der Waals surface area contributed by atoms with Crippen molar-refractivity contribution in [2.45, 2.75) is 25.5 Å². The molecular weight excluding hydrogens is 256 g/mol. The van der Waals surface area contributed by atoms with E-state index in [9.17, 15) is 10.2 Å². The third-order valence-corrected chi connectivity index (χ3v) is 3.33. The van der Waals surface area contributed by atoms with Crippen molar-refractivity contribution in [2.24, 2.45) is 0 Å². The molecule has 0 fully saturated rings. The van der Waals surface area contributed by atoms with Gasteiger partial charge in [0.25, 0.3) is 0 Å². The maximum Gasteiger partial charge on any atom is 0.119 e. The molecule has 0 spiro atoms. The normalized spacial score (nSPS) is 13.1. The Morgan fingerprint density at radius 1 is 1.35 bits per heavy atom. The molecule has 2 N–H and O–H groups in total. The Morgan fingerprint density at radius 3 is 2.45 bits per heavy atom. The largest absolute Gasteiger partial charge is 0.491 e. The van der Waals surface area contributed by atoms with E-state index in [1.54, 1.807) is 24.3 Å². The maximum absolute atomic E-state index is 9.94.